The van der Waals surface area contributed by atoms with Crippen molar-refractivity contribution in [3.8, 4) is 0 Å². The van der Waals surface area contributed by atoms with E-state index in [0.29, 0.717) is 16.7 Å². The molecule has 0 bridgehead atoms. The topological polar surface area (TPSA) is 37.8 Å². The van der Waals surface area contributed by atoms with Crippen LogP contribution in [-0.2, 0) is 6.54 Å². The van der Waals surface area contributed by atoms with Gasteiger partial charge >= 0.3 is 0 Å². The Bertz CT molecular complexity index is 615. The fourth-order valence-electron chi connectivity index (χ4n) is 1.58. The summed E-state index contributed by atoms with van der Waals surface area (Å²) in [6.45, 7) is 0.653. The summed E-state index contributed by atoms with van der Waals surface area (Å²) in [4.78, 5) is 15.2. The van der Waals surface area contributed by atoms with Crippen LogP contribution in [0.3, 0.4) is 0 Å². The van der Waals surface area contributed by atoms with Crippen LogP contribution in [-0.4, -0.2) is 21.6 Å². The SMILES string of the molecule is CSCCn1c(=S)[nH]c2ccccc2c1=O. The Morgan fingerprint density at radius 3 is 2.94 bits per heavy atom. The number of benzene rings is 1. The van der Waals surface area contributed by atoms with E-state index in [1.165, 1.54) is 0 Å². The Kier molecular flexibility index (Phi) is 3.46. The minimum atomic E-state index is -0.00611. The molecule has 0 fully saturated rings. The molecular formula is C11H12N2OS2. The summed E-state index contributed by atoms with van der Waals surface area (Å²) in [5, 5.41) is 0.692. The smallest absolute Gasteiger partial charge is 0.262 e. The van der Waals surface area contributed by atoms with Crippen LogP contribution in [0, 0.1) is 4.77 Å². The van der Waals surface area contributed by atoms with Crippen LogP contribution in [0.15, 0.2) is 29.1 Å². The number of nitrogens with one attached hydrogen (secondary N) is 1. The highest BCUT2D eigenvalue weighted by Crippen LogP contribution is 2.06. The van der Waals surface area contributed by atoms with Crippen LogP contribution in [0.25, 0.3) is 10.9 Å². The fourth-order valence-corrected chi connectivity index (χ4v) is 2.23. The Labute approximate surface area is 103 Å². The third-order valence-electron chi connectivity index (χ3n) is 2.41. The van der Waals surface area contributed by atoms with Crippen LogP contribution >= 0.6 is 24.0 Å². The Balaban J connectivity index is 2.66. The molecule has 0 radical (unpaired) electrons. The molecule has 1 N–H and O–H groups in total. The summed E-state index contributed by atoms with van der Waals surface area (Å²) in [5.74, 6) is 0.885. The molecule has 2 rings (SSSR count). The number of nitrogens with zero attached hydrogens (tertiary/aromatic N) is 1. The molecule has 0 unspecified atom stereocenters. The molecule has 0 aliphatic heterocycles. The zero-order chi connectivity index (χ0) is 11.5. The molecular weight excluding hydrogens is 240 g/mol. The molecule has 0 amide bonds. The van der Waals surface area contributed by atoms with Gasteiger partial charge in [0.1, 0.15) is 0 Å². The van der Waals surface area contributed by atoms with Gasteiger partial charge in [0.15, 0.2) is 4.77 Å². The van der Waals surface area contributed by atoms with Crippen molar-refractivity contribution >= 4 is 34.9 Å². The zero-order valence-electron chi connectivity index (χ0n) is 8.90. The first-order chi connectivity index (χ1) is 7.74. The minimum Gasteiger partial charge on any atom is -0.332 e. The Morgan fingerprint density at radius 1 is 1.44 bits per heavy atom. The molecule has 0 saturated carbocycles. The van der Waals surface area contributed by atoms with E-state index < -0.39 is 0 Å². The van der Waals surface area contributed by atoms with Crippen molar-refractivity contribution in [3.05, 3.63) is 39.4 Å². The van der Waals surface area contributed by atoms with Gasteiger partial charge in [0.25, 0.3) is 5.56 Å². The number of para-hydroxylation sites is 1. The van der Waals surface area contributed by atoms with Crippen molar-refractivity contribution in [1.29, 1.82) is 0 Å². The van der Waals surface area contributed by atoms with E-state index in [-0.39, 0.29) is 5.56 Å². The number of thioether (sulfide) groups is 1. The molecule has 1 aromatic heterocycles. The standard InChI is InChI=1S/C11H12N2OS2/c1-16-7-6-13-10(14)8-4-2-3-5-9(8)12-11(13)15/h2-5H,6-7H2,1H3,(H,12,15). The van der Waals surface area contributed by atoms with E-state index in [1.807, 2.05) is 30.5 Å². The molecule has 0 aliphatic rings. The van der Waals surface area contributed by atoms with Crippen molar-refractivity contribution in [1.82, 2.24) is 9.55 Å². The van der Waals surface area contributed by atoms with E-state index in [2.05, 4.69) is 4.98 Å². The summed E-state index contributed by atoms with van der Waals surface area (Å²) in [5.41, 5.74) is 0.798. The number of H-pyrrole nitrogens is 1. The zero-order valence-corrected chi connectivity index (χ0v) is 10.5. The van der Waals surface area contributed by atoms with Crippen molar-refractivity contribution in [2.45, 2.75) is 6.54 Å². The van der Waals surface area contributed by atoms with Gasteiger partial charge < -0.3 is 4.98 Å². The lowest BCUT2D eigenvalue weighted by Gasteiger charge is -2.06. The number of rotatable bonds is 3. The molecule has 3 nitrogen and oxygen atoms in total. The summed E-state index contributed by atoms with van der Waals surface area (Å²) in [6.07, 6.45) is 2.01. The minimum absolute atomic E-state index is 0.00611. The Hall–Kier alpha value is -1.07. The first kappa shape index (κ1) is 11.4. The second kappa shape index (κ2) is 4.84. The molecule has 0 aliphatic carbocycles. The van der Waals surface area contributed by atoms with Crippen LogP contribution in [0.1, 0.15) is 0 Å². The van der Waals surface area contributed by atoms with Crippen LogP contribution in [0.4, 0.5) is 0 Å². The summed E-state index contributed by atoms with van der Waals surface area (Å²) < 4.78 is 2.12. The van der Waals surface area contributed by atoms with E-state index in [9.17, 15) is 4.79 Å². The predicted octanol–water partition coefficient (Wildman–Crippen LogP) is 2.42. The average Bonchev–Trinajstić information content (AvgIpc) is 2.29. The molecule has 84 valence electrons. The number of aromatic nitrogens is 2. The molecule has 1 aromatic carbocycles. The maximum absolute atomic E-state index is 12.1. The van der Waals surface area contributed by atoms with E-state index in [1.54, 1.807) is 16.3 Å². The summed E-state index contributed by atoms with van der Waals surface area (Å²) >= 11 is 6.88. The van der Waals surface area contributed by atoms with E-state index in [4.69, 9.17) is 12.2 Å². The molecule has 0 saturated heterocycles. The molecule has 1 heterocycles. The lowest BCUT2D eigenvalue weighted by atomic mass is 10.2. The summed E-state index contributed by atoms with van der Waals surface area (Å²) in [6, 6.07) is 7.43. The number of hydrogen-bond donors (Lipinski definition) is 1. The normalized spacial score (nSPS) is 10.8. The van der Waals surface area contributed by atoms with Gasteiger partial charge in [-0.15, -0.1) is 0 Å². The third kappa shape index (κ3) is 2.05. The van der Waals surface area contributed by atoms with Crippen LogP contribution < -0.4 is 5.56 Å². The molecule has 0 atom stereocenters. The van der Waals surface area contributed by atoms with Crippen molar-refractivity contribution in [3.63, 3.8) is 0 Å². The highest BCUT2D eigenvalue weighted by Gasteiger charge is 2.03. The van der Waals surface area contributed by atoms with Gasteiger partial charge in [0.05, 0.1) is 10.9 Å². The van der Waals surface area contributed by atoms with Crippen LogP contribution in [0.5, 0.6) is 0 Å². The second-order valence-corrected chi connectivity index (χ2v) is 4.80. The third-order valence-corrected chi connectivity index (χ3v) is 3.32. The maximum Gasteiger partial charge on any atom is 0.262 e. The lowest BCUT2D eigenvalue weighted by molar-refractivity contribution is 0.712. The average molecular weight is 252 g/mol. The fraction of sp³-hybridized carbons (Fsp3) is 0.273. The first-order valence-corrected chi connectivity index (χ1v) is 6.75. The van der Waals surface area contributed by atoms with E-state index in [0.717, 1.165) is 11.3 Å². The number of fused-ring (bicyclic) bond motifs is 1. The van der Waals surface area contributed by atoms with Gasteiger partial charge in [0, 0.05) is 12.3 Å². The Morgan fingerprint density at radius 2 is 2.19 bits per heavy atom. The van der Waals surface area contributed by atoms with Gasteiger partial charge in [-0.05, 0) is 30.6 Å². The van der Waals surface area contributed by atoms with Gasteiger partial charge in [-0.25, -0.2) is 0 Å². The van der Waals surface area contributed by atoms with Crippen LogP contribution in [0.2, 0.25) is 0 Å². The van der Waals surface area contributed by atoms with Gasteiger partial charge in [-0.2, -0.15) is 11.8 Å². The largest absolute Gasteiger partial charge is 0.332 e. The van der Waals surface area contributed by atoms with Crippen molar-refractivity contribution in [2.24, 2.45) is 0 Å². The molecule has 16 heavy (non-hydrogen) atoms. The lowest BCUT2D eigenvalue weighted by Crippen LogP contribution is -2.23. The van der Waals surface area contributed by atoms with Gasteiger partial charge in [-0.3, -0.25) is 9.36 Å². The highest BCUT2D eigenvalue weighted by atomic mass is 32.2. The second-order valence-electron chi connectivity index (χ2n) is 3.43. The molecule has 0 spiro atoms. The maximum atomic E-state index is 12.1. The monoisotopic (exact) mass is 252 g/mol. The summed E-state index contributed by atoms with van der Waals surface area (Å²) in [7, 11) is 0. The number of hydrogen-bond acceptors (Lipinski definition) is 3. The first-order valence-electron chi connectivity index (χ1n) is 4.95. The van der Waals surface area contributed by atoms with Gasteiger partial charge in [-0.1, -0.05) is 12.1 Å². The molecule has 2 aromatic rings. The number of aromatic amines is 1. The highest BCUT2D eigenvalue weighted by molar-refractivity contribution is 7.98. The van der Waals surface area contributed by atoms with E-state index >= 15 is 0 Å². The van der Waals surface area contributed by atoms with Crippen molar-refractivity contribution in [2.75, 3.05) is 12.0 Å². The molecule has 5 heteroatoms. The van der Waals surface area contributed by atoms with Gasteiger partial charge in [0.2, 0.25) is 0 Å². The van der Waals surface area contributed by atoms with Crippen molar-refractivity contribution < 1.29 is 0 Å². The predicted molar refractivity (Wildman–Crippen MR) is 71.8 cm³/mol. The quantitative estimate of drug-likeness (QED) is 0.853.